The van der Waals surface area contributed by atoms with Gasteiger partial charge >= 0.3 is 0 Å². The van der Waals surface area contributed by atoms with Crippen molar-refractivity contribution < 1.29 is 0 Å². The molecule has 0 bridgehead atoms. The fourth-order valence-electron chi connectivity index (χ4n) is 0.746. The van der Waals surface area contributed by atoms with E-state index in [0.717, 1.165) is 0 Å². The van der Waals surface area contributed by atoms with Crippen LogP contribution in [0, 0.1) is 12.3 Å². The summed E-state index contributed by atoms with van der Waals surface area (Å²) in [5.74, 6) is 0. The van der Waals surface area contributed by atoms with E-state index in [1.165, 1.54) is 5.56 Å². The van der Waals surface area contributed by atoms with Gasteiger partial charge in [0.1, 0.15) is 5.49 Å². The van der Waals surface area contributed by atoms with Crippen LogP contribution in [0.5, 0.6) is 0 Å². The van der Waals surface area contributed by atoms with E-state index in [4.69, 9.17) is 5.41 Å². The van der Waals surface area contributed by atoms with Crippen LogP contribution in [0.15, 0.2) is 18.3 Å². The molecule has 0 fully saturated rings. The highest BCUT2D eigenvalue weighted by Crippen LogP contribution is 1.88. The summed E-state index contributed by atoms with van der Waals surface area (Å²) < 4.78 is 1.79. The van der Waals surface area contributed by atoms with Crippen LogP contribution in [0.3, 0.4) is 0 Å². The highest BCUT2D eigenvalue weighted by Gasteiger charge is 1.83. The van der Waals surface area contributed by atoms with Crippen molar-refractivity contribution in [1.82, 2.24) is 4.57 Å². The molecule has 0 aliphatic heterocycles. The van der Waals surface area contributed by atoms with Crippen molar-refractivity contribution in [3.05, 3.63) is 29.4 Å². The number of hydrogen-bond donors (Lipinski definition) is 1. The zero-order valence-corrected chi connectivity index (χ0v) is 5.68. The van der Waals surface area contributed by atoms with Gasteiger partial charge in [0.05, 0.1) is 0 Å². The summed E-state index contributed by atoms with van der Waals surface area (Å²) in [4.78, 5) is 0. The minimum Gasteiger partial charge on any atom is -0.336 e. The van der Waals surface area contributed by atoms with Crippen molar-refractivity contribution in [1.29, 1.82) is 5.41 Å². The van der Waals surface area contributed by atoms with Gasteiger partial charge in [0.15, 0.2) is 0 Å². The minimum absolute atomic E-state index is 0.542. The molecular formula is C7H10N2. The topological polar surface area (TPSA) is 28.8 Å². The molecule has 0 radical (unpaired) electrons. The van der Waals surface area contributed by atoms with Crippen LogP contribution in [0.4, 0.5) is 0 Å². The summed E-state index contributed by atoms with van der Waals surface area (Å²) in [5, 5.41) is 7.28. The Morgan fingerprint density at radius 2 is 2.11 bits per heavy atom. The molecule has 1 N–H and O–H groups in total. The Morgan fingerprint density at radius 1 is 1.44 bits per heavy atom. The smallest absolute Gasteiger partial charge is 0.124 e. The second kappa shape index (κ2) is 2.05. The van der Waals surface area contributed by atoms with Crippen LogP contribution in [0.2, 0.25) is 0 Å². The first kappa shape index (κ1) is 6.08. The molecule has 0 atom stereocenters. The van der Waals surface area contributed by atoms with Gasteiger partial charge in [-0.1, -0.05) is 6.07 Å². The molecule has 9 heavy (non-hydrogen) atoms. The molecule has 0 saturated carbocycles. The molecule has 48 valence electrons. The molecule has 0 amide bonds. The Labute approximate surface area is 54.3 Å². The van der Waals surface area contributed by atoms with Gasteiger partial charge in [0, 0.05) is 13.2 Å². The summed E-state index contributed by atoms with van der Waals surface area (Å²) in [7, 11) is 1.87. The molecule has 1 aromatic rings. The second-order valence-corrected chi connectivity index (χ2v) is 2.20. The quantitative estimate of drug-likeness (QED) is 0.527. The van der Waals surface area contributed by atoms with E-state index >= 15 is 0 Å². The number of nitrogens with zero attached hydrogens (tertiary/aromatic N) is 1. The number of rotatable bonds is 0. The average Bonchev–Trinajstić information content (AvgIpc) is 1.80. The second-order valence-electron chi connectivity index (χ2n) is 2.20. The lowest BCUT2D eigenvalue weighted by Gasteiger charge is -1.97. The van der Waals surface area contributed by atoms with E-state index in [0.29, 0.717) is 5.49 Å². The fourth-order valence-corrected chi connectivity index (χ4v) is 0.746. The Balaban J connectivity index is 3.34. The number of aryl methyl sites for hydroxylation is 2. The minimum atomic E-state index is 0.542. The van der Waals surface area contributed by atoms with Crippen molar-refractivity contribution in [3.63, 3.8) is 0 Å². The van der Waals surface area contributed by atoms with Gasteiger partial charge in [0.2, 0.25) is 0 Å². The first-order valence-electron chi connectivity index (χ1n) is 2.88. The van der Waals surface area contributed by atoms with Crippen molar-refractivity contribution in [2.75, 3.05) is 0 Å². The first-order chi connectivity index (χ1) is 4.20. The Hall–Kier alpha value is -1.05. The maximum absolute atomic E-state index is 7.28. The molecule has 1 aromatic heterocycles. The van der Waals surface area contributed by atoms with E-state index in [-0.39, 0.29) is 0 Å². The Bertz CT molecular complexity index is 260. The van der Waals surface area contributed by atoms with Crippen LogP contribution in [-0.2, 0) is 7.05 Å². The molecule has 0 unspecified atom stereocenters. The zero-order chi connectivity index (χ0) is 6.85. The third kappa shape index (κ3) is 1.19. The van der Waals surface area contributed by atoms with E-state index in [1.54, 1.807) is 10.6 Å². The fraction of sp³-hybridized carbons (Fsp3) is 0.286. The van der Waals surface area contributed by atoms with E-state index < -0.39 is 0 Å². The lowest BCUT2D eigenvalue weighted by molar-refractivity contribution is 0.810. The number of hydrogen-bond acceptors (Lipinski definition) is 1. The maximum Gasteiger partial charge on any atom is 0.124 e. The Kier molecular flexibility index (Phi) is 1.39. The van der Waals surface area contributed by atoms with Gasteiger partial charge in [-0.05, 0) is 18.6 Å². The van der Waals surface area contributed by atoms with Crippen LogP contribution < -0.4 is 5.49 Å². The van der Waals surface area contributed by atoms with Crippen LogP contribution in [0.1, 0.15) is 5.56 Å². The zero-order valence-electron chi connectivity index (χ0n) is 5.68. The molecule has 2 heteroatoms. The number of nitrogens with one attached hydrogen (secondary N) is 1. The molecule has 0 spiro atoms. The highest BCUT2D eigenvalue weighted by molar-refractivity contribution is 5.05. The van der Waals surface area contributed by atoms with Gasteiger partial charge in [0.25, 0.3) is 0 Å². The van der Waals surface area contributed by atoms with Gasteiger partial charge in [-0.2, -0.15) is 0 Å². The lowest BCUT2D eigenvalue weighted by atomic mass is 10.3. The third-order valence-electron chi connectivity index (χ3n) is 1.28. The van der Waals surface area contributed by atoms with Crippen LogP contribution in [0.25, 0.3) is 0 Å². The van der Waals surface area contributed by atoms with Gasteiger partial charge in [-0.25, -0.2) is 0 Å². The molecule has 1 heterocycles. The normalized spacial score (nSPS) is 9.56. The van der Waals surface area contributed by atoms with Gasteiger partial charge in [-0.15, -0.1) is 0 Å². The summed E-state index contributed by atoms with van der Waals surface area (Å²) >= 11 is 0. The molecule has 0 aromatic carbocycles. The molecule has 2 nitrogen and oxygen atoms in total. The van der Waals surface area contributed by atoms with Crippen molar-refractivity contribution in [3.8, 4) is 0 Å². The van der Waals surface area contributed by atoms with Crippen molar-refractivity contribution in [2.45, 2.75) is 6.92 Å². The number of pyridine rings is 1. The average molecular weight is 122 g/mol. The van der Waals surface area contributed by atoms with Crippen LogP contribution >= 0.6 is 0 Å². The highest BCUT2D eigenvalue weighted by atomic mass is 14.9. The standard InChI is InChI=1S/C7H10N2/c1-6-3-4-7(8)9(2)5-6/h3-5,8H,1-2H3. The summed E-state index contributed by atoms with van der Waals surface area (Å²) in [6, 6.07) is 3.72. The molecule has 0 aliphatic carbocycles. The van der Waals surface area contributed by atoms with Crippen LogP contribution in [-0.4, -0.2) is 4.57 Å². The van der Waals surface area contributed by atoms with E-state index in [9.17, 15) is 0 Å². The Morgan fingerprint density at radius 3 is 2.56 bits per heavy atom. The molecule has 1 rings (SSSR count). The van der Waals surface area contributed by atoms with E-state index in [1.807, 2.05) is 26.2 Å². The summed E-state index contributed by atoms with van der Waals surface area (Å²) in [6.45, 7) is 2.01. The maximum atomic E-state index is 7.28. The first-order valence-corrected chi connectivity index (χ1v) is 2.88. The monoisotopic (exact) mass is 122 g/mol. The van der Waals surface area contributed by atoms with Crippen molar-refractivity contribution >= 4 is 0 Å². The number of aromatic nitrogens is 1. The van der Waals surface area contributed by atoms with Gasteiger partial charge < -0.3 is 4.57 Å². The summed E-state index contributed by atoms with van der Waals surface area (Å²) in [5.41, 5.74) is 1.73. The van der Waals surface area contributed by atoms with Crippen molar-refractivity contribution in [2.24, 2.45) is 7.05 Å². The largest absolute Gasteiger partial charge is 0.336 e. The summed E-state index contributed by atoms with van der Waals surface area (Å²) in [6.07, 6.45) is 1.93. The third-order valence-corrected chi connectivity index (χ3v) is 1.28. The van der Waals surface area contributed by atoms with E-state index in [2.05, 4.69) is 0 Å². The van der Waals surface area contributed by atoms with Gasteiger partial charge in [-0.3, -0.25) is 5.41 Å². The lowest BCUT2D eigenvalue weighted by Crippen LogP contribution is -2.14. The predicted octanol–water partition coefficient (Wildman–Crippen LogP) is 0.813. The predicted molar refractivity (Wildman–Crippen MR) is 36.0 cm³/mol. The molecule has 0 aliphatic rings. The molecular weight excluding hydrogens is 112 g/mol. The SMILES string of the molecule is Cc1ccc(=N)n(C)c1. The molecule has 0 saturated heterocycles.